The highest BCUT2D eigenvalue weighted by Gasteiger charge is 2.39. The highest BCUT2D eigenvalue weighted by molar-refractivity contribution is 5.94. The summed E-state index contributed by atoms with van der Waals surface area (Å²) < 4.78 is 0. The number of benzene rings is 2. The van der Waals surface area contributed by atoms with Gasteiger partial charge >= 0.3 is 0 Å². The van der Waals surface area contributed by atoms with Gasteiger partial charge in [0.1, 0.15) is 0 Å². The van der Waals surface area contributed by atoms with E-state index in [0.717, 1.165) is 12.0 Å². The van der Waals surface area contributed by atoms with Gasteiger partial charge in [-0.05, 0) is 24.1 Å². The molecule has 0 radical (unpaired) electrons. The lowest BCUT2D eigenvalue weighted by Gasteiger charge is -2.04. The molecule has 2 heteroatoms. The van der Waals surface area contributed by atoms with Crippen molar-refractivity contribution in [3.05, 3.63) is 71.8 Å². The normalized spacial score (nSPS) is 21.3. The van der Waals surface area contributed by atoms with Crippen LogP contribution >= 0.6 is 0 Å². The van der Waals surface area contributed by atoms with Crippen LogP contribution in [0.15, 0.2) is 60.7 Å². The second-order valence-electron chi connectivity index (χ2n) is 4.70. The van der Waals surface area contributed by atoms with E-state index in [1.165, 1.54) is 5.56 Å². The van der Waals surface area contributed by atoms with Gasteiger partial charge in [-0.25, -0.2) is 0 Å². The third kappa shape index (κ3) is 2.28. The van der Waals surface area contributed by atoms with Gasteiger partial charge < -0.3 is 5.32 Å². The van der Waals surface area contributed by atoms with Crippen molar-refractivity contribution in [3.63, 3.8) is 0 Å². The molecule has 1 saturated carbocycles. The fourth-order valence-corrected chi connectivity index (χ4v) is 2.26. The van der Waals surface area contributed by atoms with Crippen LogP contribution in [0.4, 0.5) is 0 Å². The molecule has 2 aromatic rings. The lowest BCUT2D eigenvalue weighted by Crippen LogP contribution is -2.26. The van der Waals surface area contributed by atoms with Crippen LogP contribution in [0.3, 0.4) is 0 Å². The maximum absolute atomic E-state index is 12.0. The summed E-state index contributed by atoms with van der Waals surface area (Å²) in [5.41, 5.74) is 2.05. The van der Waals surface area contributed by atoms with Crippen LogP contribution < -0.4 is 5.32 Å². The van der Waals surface area contributed by atoms with Gasteiger partial charge in [0.2, 0.25) is 0 Å². The van der Waals surface area contributed by atoms with Gasteiger partial charge in [0.05, 0.1) is 0 Å². The number of rotatable bonds is 3. The Labute approximate surface area is 107 Å². The number of nitrogens with one attached hydrogen (secondary N) is 1. The molecule has 1 N–H and O–H groups in total. The number of amides is 1. The molecule has 1 aliphatic carbocycles. The maximum Gasteiger partial charge on any atom is 0.251 e. The number of hydrogen-bond acceptors (Lipinski definition) is 1. The molecule has 0 unspecified atom stereocenters. The summed E-state index contributed by atoms with van der Waals surface area (Å²) in [7, 11) is 0. The first kappa shape index (κ1) is 11.0. The summed E-state index contributed by atoms with van der Waals surface area (Å²) >= 11 is 0. The van der Waals surface area contributed by atoms with Crippen LogP contribution in [-0.2, 0) is 0 Å². The van der Waals surface area contributed by atoms with Crippen molar-refractivity contribution in [2.45, 2.75) is 18.4 Å². The first-order chi connectivity index (χ1) is 8.84. The second-order valence-corrected chi connectivity index (χ2v) is 4.70. The minimum atomic E-state index is 0.0269. The van der Waals surface area contributed by atoms with Crippen molar-refractivity contribution < 1.29 is 4.79 Å². The maximum atomic E-state index is 12.0. The monoisotopic (exact) mass is 237 g/mol. The topological polar surface area (TPSA) is 29.1 Å². The van der Waals surface area contributed by atoms with E-state index in [9.17, 15) is 4.79 Å². The molecule has 90 valence electrons. The number of carbonyl (C=O) groups excluding carboxylic acids is 1. The van der Waals surface area contributed by atoms with Crippen molar-refractivity contribution in [3.8, 4) is 0 Å². The van der Waals surface area contributed by atoms with E-state index < -0.39 is 0 Å². The van der Waals surface area contributed by atoms with Crippen LogP contribution in [0.1, 0.15) is 28.3 Å². The van der Waals surface area contributed by atoms with Crippen molar-refractivity contribution in [1.82, 2.24) is 5.32 Å². The lowest BCUT2D eigenvalue weighted by atomic mass is 10.1. The van der Waals surface area contributed by atoms with E-state index >= 15 is 0 Å². The Morgan fingerprint density at radius 2 is 1.56 bits per heavy atom. The molecule has 0 spiro atoms. The highest BCUT2D eigenvalue weighted by Crippen LogP contribution is 2.40. The predicted molar refractivity (Wildman–Crippen MR) is 71.5 cm³/mol. The molecule has 0 aromatic heterocycles. The summed E-state index contributed by atoms with van der Waals surface area (Å²) in [6.07, 6.45) is 1.04. The molecule has 1 amide bonds. The smallest absolute Gasteiger partial charge is 0.251 e. The zero-order valence-corrected chi connectivity index (χ0v) is 10.0. The highest BCUT2D eigenvalue weighted by atomic mass is 16.1. The Bertz CT molecular complexity index is 536. The quantitative estimate of drug-likeness (QED) is 0.873. The van der Waals surface area contributed by atoms with E-state index in [1.807, 2.05) is 48.5 Å². The molecule has 2 nitrogen and oxygen atoms in total. The lowest BCUT2D eigenvalue weighted by molar-refractivity contribution is 0.0950. The third-order valence-corrected chi connectivity index (χ3v) is 3.37. The van der Waals surface area contributed by atoms with E-state index in [-0.39, 0.29) is 5.91 Å². The van der Waals surface area contributed by atoms with E-state index in [1.54, 1.807) is 0 Å². The average molecular weight is 237 g/mol. The molecule has 0 heterocycles. The summed E-state index contributed by atoms with van der Waals surface area (Å²) in [6.45, 7) is 0. The fourth-order valence-electron chi connectivity index (χ4n) is 2.26. The van der Waals surface area contributed by atoms with Crippen molar-refractivity contribution in [2.24, 2.45) is 0 Å². The molecular formula is C16H15NO. The molecule has 2 aromatic carbocycles. The van der Waals surface area contributed by atoms with Crippen LogP contribution in [0, 0.1) is 0 Å². The summed E-state index contributed by atoms with van der Waals surface area (Å²) in [6, 6.07) is 20.0. The second kappa shape index (κ2) is 4.65. The van der Waals surface area contributed by atoms with Crippen LogP contribution in [-0.4, -0.2) is 11.9 Å². The zero-order valence-electron chi connectivity index (χ0n) is 10.0. The van der Waals surface area contributed by atoms with Crippen molar-refractivity contribution in [1.29, 1.82) is 0 Å². The molecule has 1 aliphatic rings. The molecule has 0 aliphatic heterocycles. The number of hydrogen-bond donors (Lipinski definition) is 1. The van der Waals surface area contributed by atoms with E-state index in [2.05, 4.69) is 17.4 Å². The van der Waals surface area contributed by atoms with Gasteiger partial charge in [0, 0.05) is 17.5 Å². The molecule has 3 rings (SSSR count). The molecule has 1 fully saturated rings. The molecule has 2 atom stereocenters. The Kier molecular flexibility index (Phi) is 2.85. The van der Waals surface area contributed by atoms with Gasteiger partial charge in [-0.15, -0.1) is 0 Å². The SMILES string of the molecule is O=C(N[C@@H]1C[C@@H]1c1ccccc1)c1ccccc1. The Hall–Kier alpha value is -2.09. The minimum absolute atomic E-state index is 0.0269. The van der Waals surface area contributed by atoms with Gasteiger partial charge in [-0.3, -0.25) is 4.79 Å². The predicted octanol–water partition coefficient (Wildman–Crippen LogP) is 2.97. The first-order valence-corrected chi connectivity index (χ1v) is 6.25. The fraction of sp³-hybridized carbons (Fsp3) is 0.188. The van der Waals surface area contributed by atoms with Gasteiger partial charge in [-0.2, -0.15) is 0 Å². The van der Waals surface area contributed by atoms with Gasteiger partial charge in [0.15, 0.2) is 0 Å². The molecule has 18 heavy (non-hydrogen) atoms. The summed E-state index contributed by atoms with van der Waals surface area (Å²) in [5.74, 6) is 0.512. The third-order valence-electron chi connectivity index (χ3n) is 3.37. The average Bonchev–Trinajstić information content (AvgIpc) is 3.20. The largest absolute Gasteiger partial charge is 0.349 e. The number of carbonyl (C=O) groups is 1. The zero-order chi connectivity index (χ0) is 12.4. The van der Waals surface area contributed by atoms with Crippen LogP contribution in [0.2, 0.25) is 0 Å². The van der Waals surface area contributed by atoms with E-state index in [0.29, 0.717) is 12.0 Å². The summed E-state index contributed by atoms with van der Waals surface area (Å²) in [4.78, 5) is 12.0. The Morgan fingerprint density at radius 3 is 2.22 bits per heavy atom. The molecule has 0 bridgehead atoms. The standard InChI is InChI=1S/C16H15NO/c18-16(13-9-5-2-6-10-13)17-15-11-14(15)12-7-3-1-4-8-12/h1-10,14-15H,11H2,(H,17,18)/t14-,15-/m1/s1. The first-order valence-electron chi connectivity index (χ1n) is 6.25. The Balaban J connectivity index is 1.62. The van der Waals surface area contributed by atoms with E-state index in [4.69, 9.17) is 0 Å². The molecule has 0 saturated heterocycles. The van der Waals surface area contributed by atoms with Crippen LogP contribution in [0.5, 0.6) is 0 Å². The van der Waals surface area contributed by atoms with Crippen LogP contribution in [0.25, 0.3) is 0 Å². The minimum Gasteiger partial charge on any atom is -0.349 e. The van der Waals surface area contributed by atoms with Crippen molar-refractivity contribution >= 4 is 5.91 Å². The van der Waals surface area contributed by atoms with Gasteiger partial charge in [0.25, 0.3) is 5.91 Å². The van der Waals surface area contributed by atoms with Gasteiger partial charge in [-0.1, -0.05) is 48.5 Å². The summed E-state index contributed by atoms with van der Waals surface area (Å²) in [5, 5.41) is 3.08. The van der Waals surface area contributed by atoms with Crippen molar-refractivity contribution in [2.75, 3.05) is 0 Å². The Morgan fingerprint density at radius 1 is 0.944 bits per heavy atom. The molecular weight excluding hydrogens is 222 g/mol.